The van der Waals surface area contributed by atoms with Gasteiger partial charge in [-0.2, -0.15) is 4.31 Å². The molecule has 1 aliphatic heterocycles. The van der Waals surface area contributed by atoms with Gasteiger partial charge in [-0.05, 0) is 42.8 Å². The topological polar surface area (TPSA) is 129 Å². The number of hydrogen-bond acceptors (Lipinski definition) is 8. The van der Waals surface area contributed by atoms with Gasteiger partial charge in [0, 0.05) is 33.1 Å². The molecule has 1 aromatic heterocycles. The number of benzene rings is 2. The molecule has 1 amide bonds. The zero-order valence-corrected chi connectivity index (χ0v) is 22.7. The van der Waals surface area contributed by atoms with Crippen molar-refractivity contribution in [3.63, 3.8) is 0 Å². The second-order valence-electron chi connectivity index (χ2n) is 8.86. The summed E-state index contributed by atoms with van der Waals surface area (Å²) in [6.07, 6.45) is -0.681. The molecule has 2 aromatic carbocycles. The number of aromatic nitrogens is 2. The summed E-state index contributed by atoms with van der Waals surface area (Å²) in [5.74, 6) is 0.940. The van der Waals surface area contributed by atoms with Crippen molar-refractivity contribution < 1.29 is 32.2 Å². The molecule has 0 spiro atoms. The monoisotopic (exact) mass is 544 g/mol. The summed E-state index contributed by atoms with van der Waals surface area (Å²) >= 11 is 0. The summed E-state index contributed by atoms with van der Waals surface area (Å²) in [6, 6.07) is 10.2. The number of esters is 1. The van der Waals surface area contributed by atoms with Crippen molar-refractivity contribution in [3.8, 4) is 11.5 Å². The summed E-state index contributed by atoms with van der Waals surface area (Å²) < 4.78 is 44.9. The fraction of sp³-hybridized carbons (Fsp3) is 0.423. The van der Waals surface area contributed by atoms with E-state index in [0.717, 1.165) is 11.1 Å². The second-order valence-corrected chi connectivity index (χ2v) is 10.8. The molecule has 0 bridgehead atoms. The number of carbonyl (C=O) groups excluding carboxylic acids is 2. The van der Waals surface area contributed by atoms with Crippen LogP contribution in [0.25, 0.3) is 11.0 Å². The molecule has 0 radical (unpaired) electrons. The number of nitrogens with zero attached hydrogens (tertiary/aromatic N) is 3. The zero-order chi connectivity index (χ0) is 27.4. The Labute approximate surface area is 221 Å². The van der Waals surface area contributed by atoms with Crippen molar-refractivity contribution in [2.24, 2.45) is 7.05 Å². The van der Waals surface area contributed by atoms with Crippen LogP contribution in [0.5, 0.6) is 11.5 Å². The molecule has 1 atom stereocenters. The zero-order valence-electron chi connectivity index (χ0n) is 21.9. The molecule has 2 heterocycles. The van der Waals surface area contributed by atoms with E-state index in [1.54, 1.807) is 51.2 Å². The summed E-state index contributed by atoms with van der Waals surface area (Å²) in [4.78, 5) is 29.6. The predicted molar refractivity (Wildman–Crippen MR) is 139 cm³/mol. The lowest BCUT2D eigenvalue weighted by Gasteiger charge is -2.18. The highest BCUT2D eigenvalue weighted by Crippen LogP contribution is 2.32. The molecule has 12 heteroatoms. The Morgan fingerprint density at radius 2 is 1.87 bits per heavy atom. The Bertz CT molecular complexity index is 1450. The highest BCUT2D eigenvalue weighted by Gasteiger charge is 2.23. The van der Waals surface area contributed by atoms with E-state index >= 15 is 0 Å². The predicted octanol–water partition coefficient (Wildman–Crippen LogP) is 2.51. The van der Waals surface area contributed by atoms with Crippen LogP contribution in [0.15, 0.2) is 41.3 Å². The molecule has 11 nitrogen and oxygen atoms in total. The number of imidazole rings is 1. The van der Waals surface area contributed by atoms with Crippen molar-refractivity contribution in [1.82, 2.24) is 19.2 Å². The number of carbonyl (C=O) groups is 2. The van der Waals surface area contributed by atoms with E-state index < -0.39 is 28.0 Å². The van der Waals surface area contributed by atoms with E-state index in [4.69, 9.17) is 14.2 Å². The maximum Gasteiger partial charge on any atom is 0.307 e. The van der Waals surface area contributed by atoms with Gasteiger partial charge in [0.05, 0.1) is 22.3 Å². The summed E-state index contributed by atoms with van der Waals surface area (Å²) in [5.41, 5.74) is 2.11. The molecule has 1 N–H and O–H groups in total. The van der Waals surface area contributed by atoms with Gasteiger partial charge < -0.3 is 24.1 Å². The van der Waals surface area contributed by atoms with E-state index in [2.05, 4.69) is 10.3 Å². The third kappa shape index (κ3) is 5.76. The van der Waals surface area contributed by atoms with Crippen LogP contribution in [0, 0.1) is 0 Å². The van der Waals surface area contributed by atoms with Gasteiger partial charge in [-0.15, -0.1) is 0 Å². The normalized spacial score (nSPS) is 13.6. The standard InChI is InChI=1S/C26H32N4O7S/c1-5-30(6-2)38(33,34)19-8-9-21-20(14-19)28-24(29(21)4)11-12-25(31)37-17(3)26(32)27-15-18-7-10-22-23(13-18)36-16-35-22/h7-10,13-14,17H,5-6,11-12,15-16H2,1-4H3,(H,27,32)/t17-/m1/s1. The van der Waals surface area contributed by atoms with Crippen molar-refractivity contribution in [1.29, 1.82) is 0 Å². The van der Waals surface area contributed by atoms with Crippen LogP contribution in [0.3, 0.4) is 0 Å². The number of rotatable bonds is 11. The lowest BCUT2D eigenvalue weighted by Crippen LogP contribution is -2.35. The van der Waals surface area contributed by atoms with Gasteiger partial charge in [-0.1, -0.05) is 19.9 Å². The van der Waals surface area contributed by atoms with E-state index in [9.17, 15) is 18.0 Å². The van der Waals surface area contributed by atoms with Crippen molar-refractivity contribution >= 4 is 32.9 Å². The molecule has 0 saturated carbocycles. The third-order valence-corrected chi connectivity index (χ3v) is 8.47. The molecule has 3 aromatic rings. The van der Waals surface area contributed by atoms with Crippen LogP contribution in [0.1, 0.15) is 38.6 Å². The minimum absolute atomic E-state index is 0.0154. The minimum Gasteiger partial charge on any atom is -0.454 e. The number of ether oxygens (including phenoxy) is 3. The first-order chi connectivity index (χ1) is 18.1. The van der Waals surface area contributed by atoms with Crippen LogP contribution in [0.2, 0.25) is 0 Å². The van der Waals surface area contributed by atoms with Crippen LogP contribution in [-0.2, 0) is 44.4 Å². The number of sulfonamides is 1. The highest BCUT2D eigenvalue weighted by molar-refractivity contribution is 7.89. The average molecular weight is 545 g/mol. The Morgan fingerprint density at radius 3 is 2.61 bits per heavy atom. The molecule has 38 heavy (non-hydrogen) atoms. The van der Waals surface area contributed by atoms with Gasteiger partial charge in [0.1, 0.15) is 5.82 Å². The van der Waals surface area contributed by atoms with Crippen LogP contribution in [0.4, 0.5) is 0 Å². The Balaban J connectivity index is 1.32. The highest BCUT2D eigenvalue weighted by atomic mass is 32.2. The van der Waals surface area contributed by atoms with Gasteiger partial charge >= 0.3 is 5.97 Å². The lowest BCUT2D eigenvalue weighted by molar-refractivity contribution is -0.154. The number of aryl methyl sites for hydroxylation is 2. The van der Waals surface area contributed by atoms with Gasteiger partial charge in [-0.3, -0.25) is 9.59 Å². The second kappa shape index (κ2) is 11.4. The molecule has 4 rings (SSSR count). The largest absolute Gasteiger partial charge is 0.454 e. The van der Waals surface area contributed by atoms with E-state index in [1.807, 2.05) is 10.6 Å². The van der Waals surface area contributed by atoms with E-state index in [1.165, 1.54) is 11.2 Å². The average Bonchev–Trinajstić information content (AvgIpc) is 3.49. The maximum atomic E-state index is 12.9. The first kappa shape index (κ1) is 27.4. The Hall–Kier alpha value is -3.64. The van der Waals surface area contributed by atoms with Crippen LogP contribution >= 0.6 is 0 Å². The molecular weight excluding hydrogens is 512 g/mol. The van der Waals surface area contributed by atoms with E-state index in [-0.39, 0.29) is 31.1 Å². The maximum absolute atomic E-state index is 12.9. The molecule has 0 aliphatic carbocycles. The van der Waals surface area contributed by atoms with Gasteiger partial charge in [0.15, 0.2) is 17.6 Å². The quantitative estimate of drug-likeness (QED) is 0.365. The first-order valence-corrected chi connectivity index (χ1v) is 13.9. The number of hydrogen-bond donors (Lipinski definition) is 1. The smallest absolute Gasteiger partial charge is 0.307 e. The molecule has 1 aliphatic rings. The van der Waals surface area contributed by atoms with Gasteiger partial charge in [-0.25, -0.2) is 13.4 Å². The molecule has 0 fully saturated rings. The van der Waals surface area contributed by atoms with E-state index in [0.29, 0.717) is 35.9 Å². The van der Waals surface area contributed by atoms with Crippen molar-refractivity contribution in [3.05, 3.63) is 47.8 Å². The molecule has 204 valence electrons. The summed E-state index contributed by atoms with van der Waals surface area (Å²) in [6.45, 7) is 6.28. The first-order valence-electron chi connectivity index (χ1n) is 12.4. The van der Waals surface area contributed by atoms with Crippen LogP contribution < -0.4 is 14.8 Å². The van der Waals surface area contributed by atoms with Crippen molar-refractivity contribution in [2.45, 2.75) is 51.2 Å². The fourth-order valence-corrected chi connectivity index (χ4v) is 5.71. The Morgan fingerprint density at radius 1 is 1.13 bits per heavy atom. The molecule has 0 saturated heterocycles. The minimum atomic E-state index is -3.61. The van der Waals surface area contributed by atoms with Crippen LogP contribution in [-0.4, -0.2) is 60.1 Å². The van der Waals surface area contributed by atoms with Gasteiger partial charge in [0.2, 0.25) is 16.8 Å². The lowest BCUT2D eigenvalue weighted by atomic mass is 10.2. The summed E-state index contributed by atoms with van der Waals surface area (Å²) in [7, 11) is -1.80. The number of nitrogens with one attached hydrogen (secondary N) is 1. The van der Waals surface area contributed by atoms with Crippen molar-refractivity contribution in [2.75, 3.05) is 19.9 Å². The fourth-order valence-electron chi connectivity index (χ4n) is 4.23. The summed E-state index contributed by atoms with van der Waals surface area (Å²) in [5, 5.41) is 2.75. The Kier molecular flexibility index (Phi) is 8.22. The molecular formula is C26H32N4O7S. The third-order valence-electron chi connectivity index (χ3n) is 6.42. The number of amides is 1. The molecule has 0 unspecified atom stereocenters. The number of fused-ring (bicyclic) bond motifs is 2. The SMILES string of the molecule is CCN(CC)S(=O)(=O)c1ccc2c(c1)nc(CCC(=O)O[C@H](C)C(=O)NCc1ccc3c(c1)OCO3)n2C. The van der Waals surface area contributed by atoms with Gasteiger partial charge in [0.25, 0.3) is 5.91 Å².